The first-order chi connectivity index (χ1) is 12.9. The summed E-state index contributed by atoms with van der Waals surface area (Å²) in [6.45, 7) is 3.93. The Kier molecular flexibility index (Phi) is 7.31. The van der Waals surface area contributed by atoms with E-state index in [1.165, 1.54) is 19.2 Å². The second kappa shape index (κ2) is 9.68. The largest absolute Gasteiger partial charge is 0.494 e. The van der Waals surface area contributed by atoms with E-state index in [0.717, 1.165) is 0 Å². The van der Waals surface area contributed by atoms with Crippen LogP contribution in [0.2, 0.25) is 0 Å². The molecule has 0 radical (unpaired) electrons. The van der Waals surface area contributed by atoms with Crippen molar-refractivity contribution in [2.45, 2.75) is 19.9 Å². The van der Waals surface area contributed by atoms with E-state index in [4.69, 9.17) is 9.47 Å². The van der Waals surface area contributed by atoms with Crippen molar-refractivity contribution in [3.05, 3.63) is 59.4 Å². The zero-order valence-corrected chi connectivity index (χ0v) is 15.5. The first-order valence-electron chi connectivity index (χ1n) is 8.54. The van der Waals surface area contributed by atoms with Crippen LogP contribution >= 0.6 is 0 Å². The quantitative estimate of drug-likeness (QED) is 0.695. The summed E-state index contributed by atoms with van der Waals surface area (Å²) in [7, 11) is 1.26. The predicted octanol–water partition coefficient (Wildman–Crippen LogP) is 2.98. The Bertz CT molecular complexity index is 793. The zero-order chi connectivity index (χ0) is 19.8. The van der Waals surface area contributed by atoms with Gasteiger partial charge in [0.25, 0.3) is 0 Å². The van der Waals surface area contributed by atoms with E-state index in [2.05, 4.69) is 10.6 Å². The molecule has 0 aliphatic heterocycles. The third-order valence-corrected chi connectivity index (χ3v) is 3.87. The van der Waals surface area contributed by atoms with Crippen LogP contribution in [0, 0.1) is 12.7 Å². The van der Waals surface area contributed by atoms with Crippen LogP contribution in [-0.4, -0.2) is 32.1 Å². The van der Waals surface area contributed by atoms with E-state index in [9.17, 15) is 14.0 Å². The van der Waals surface area contributed by atoms with Gasteiger partial charge in [-0.3, -0.25) is 10.1 Å². The zero-order valence-electron chi connectivity index (χ0n) is 15.5. The van der Waals surface area contributed by atoms with Gasteiger partial charge in [-0.1, -0.05) is 12.1 Å². The van der Waals surface area contributed by atoms with E-state index in [0.29, 0.717) is 29.2 Å². The summed E-state index contributed by atoms with van der Waals surface area (Å²) in [5, 5.41) is 5.58. The Morgan fingerprint density at radius 2 is 1.85 bits per heavy atom. The standard InChI is InChI=1S/C20H23FN2O4/c1-4-27-16-8-6-15(7-9-16)23-18(24)12-22-19(20(25)26-3)14-5-10-17(21)13(2)11-14/h5-11,19,22H,4,12H2,1-3H3,(H,23,24)/t19-/m1/s1. The van der Waals surface area contributed by atoms with Gasteiger partial charge in [0.05, 0.1) is 20.3 Å². The van der Waals surface area contributed by atoms with E-state index in [1.54, 1.807) is 37.3 Å². The fourth-order valence-corrected chi connectivity index (χ4v) is 2.50. The minimum Gasteiger partial charge on any atom is -0.494 e. The normalized spacial score (nSPS) is 11.6. The number of carbonyl (C=O) groups excluding carboxylic acids is 2. The molecule has 1 amide bonds. The Hall–Kier alpha value is -2.93. The highest BCUT2D eigenvalue weighted by Crippen LogP contribution is 2.19. The minimum absolute atomic E-state index is 0.122. The van der Waals surface area contributed by atoms with Crippen molar-refractivity contribution in [2.75, 3.05) is 25.6 Å². The van der Waals surface area contributed by atoms with Crippen LogP contribution in [-0.2, 0) is 14.3 Å². The summed E-state index contributed by atoms with van der Waals surface area (Å²) >= 11 is 0. The highest BCUT2D eigenvalue weighted by atomic mass is 19.1. The number of anilines is 1. The Labute approximate surface area is 157 Å². The molecular weight excluding hydrogens is 351 g/mol. The number of hydrogen-bond donors (Lipinski definition) is 2. The Balaban J connectivity index is 2.00. The van der Waals surface area contributed by atoms with Gasteiger partial charge < -0.3 is 14.8 Å². The molecule has 0 aliphatic rings. The lowest BCUT2D eigenvalue weighted by atomic mass is 10.0. The van der Waals surface area contributed by atoms with Gasteiger partial charge in [0.15, 0.2) is 0 Å². The molecule has 0 aliphatic carbocycles. The van der Waals surface area contributed by atoms with Gasteiger partial charge in [0.1, 0.15) is 17.6 Å². The van der Waals surface area contributed by atoms with Crippen molar-refractivity contribution < 1.29 is 23.5 Å². The van der Waals surface area contributed by atoms with E-state index < -0.39 is 12.0 Å². The SMILES string of the molecule is CCOc1ccc(NC(=O)CN[C@@H](C(=O)OC)c2ccc(F)c(C)c2)cc1. The highest BCUT2D eigenvalue weighted by Gasteiger charge is 2.22. The smallest absolute Gasteiger partial charge is 0.327 e. The second-order valence-electron chi connectivity index (χ2n) is 5.85. The van der Waals surface area contributed by atoms with Gasteiger partial charge in [-0.15, -0.1) is 0 Å². The van der Waals surface area contributed by atoms with Gasteiger partial charge in [-0.05, 0) is 55.3 Å². The fourth-order valence-electron chi connectivity index (χ4n) is 2.50. The molecule has 144 valence electrons. The monoisotopic (exact) mass is 374 g/mol. The lowest BCUT2D eigenvalue weighted by Gasteiger charge is -2.17. The molecule has 0 saturated carbocycles. The number of benzene rings is 2. The number of carbonyl (C=O) groups is 2. The van der Waals surface area contributed by atoms with E-state index >= 15 is 0 Å². The molecule has 0 heterocycles. The molecule has 0 aromatic heterocycles. The molecule has 0 bridgehead atoms. The van der Waals surface area contributed by atoms with Crippen LogP contribution in [0.25, 0.3) is 0 Å². The van der Waals surface area contributed by atoms with Crippen LogP contribution in [0.4, 0.5) is 10.1 Å². The Morgan fingerprint density at radius 3 is 2.44 bits per heavy atom. The maximum Gasteiger partial charge on any atom is 0.327 e. The lowest BCUT2D eigenvalue weighted by molar-refractivity contribution is -0.143. The number of ether oxygens (including phenoxy) is 2. The van der Waals surface area contributed by atoms with Gasteiger partial charge >= 0.3 is 5.97 Å². The molecule has 2 aromatic carbocycles. The molecule has 2 aromatic rings. The molecule has 0 fully saturated rings. The Morgan fingerprint density at radius 1 is 1.15 bits per heavy atom. The summed E-state index contributed by atoms with van der Waals surface area (Å²) in [4.78, 5) is 24.2. The number of halogens is 1. The number of aryl methyl sites for hydroxylation is 1. The van der Waals surface area contributed by atoms with Crippen molar-refractivity contribution in [1.29, 1.82) is 0 Å². The lowest BCUT2D eigenvalue weighted by Crippen LogP contribution is -2.35. The van der Waals surface area contributed by atoms with Crippen LogP contribution in [0.3, 0.4) is 0 Å². The molecule has 1 atom stereocenters. The fraction of sp³-hybridized carbons (Fsp3) is 0.300. The summed E-state index contributed by atoms with van der Waals surface area (Å²) in [6, 6.07) is 10.4. The highest BCUT2D eigenvalue weighted by molar-refractivity contribution is 5.92. The van der Waals surface area contributed by atoms with Gasteiger partial charge in [0.2, 0.25) is 5.91 Å². The molecule has 0 unspecified atom stereocenters. The number of hydrogen-bond acceptors (Lipinski definition) is 5. The number of rotatable bonds is 8. The number of nitrogens with one attached hydrogen (secondary N) is 2. The molecule has 27 heavy (non-hydrogen) atoms. The molecular formula is C20H23FN2O4. The van der Waals surface area contributed by atoms with Crippen molar-refractivity contribution in [3.8, 4) is 5.75 Å². The summed E-state index contributed by atoms with van der Waals surface area (Å²) in [6.07, 6.45) is 0. The van der Waals surface area contributed by atoms with Crippen LogP contribution in [0.5, 0.6) is 5.75 Å². The number of methoxy groups -OCH3 is 1. The van der Waals surface area contributed by atoms with Crippen molar-refractivity contribution >= 4 is 17.6 Å². The second-order valence-corrected chi connectivity index (χ2v) is 5.85. The van der Waals surface area contributed by atoms with Crippen LogP contribution in [0.1, 0.15) is 24.1 Å². The van der Waals surface area contributed by atoms with Gasteiger partial charge in [-0.2, -0.15) is 0 Å². The third-order valence-electron chi connectivity index (χ3n) is 3.87. The first kappa shape index (κ1) is 20.4. The van der Waals surface area contributed by atoms with Crippen molar-refractivity contribution in [1.82, 2.24) is 5.32 Å². The average molecular weight is 374 g/mol. The van der Waals surface area contributed by atoms with Gasteiger partial charge in [-0.25, -0.2) is 9.18 Å². The van der Waals surface area contributed by atoms with E-state index in [-0.39, 0.29) is 18.3 Å². The molecule has 0 saturated heterocycles. The number of amides is 1. The van der Waals surface area contributed by atoms with Crippen molar-refractivity contribution in [2.24, 2.45) is 0 Å². The molecule has 2 rings (SSSR count). The maximum atomic E-state index is 13.5. The van der Waals surface area contributed by atoms with E-state index in [1.807, 2.05) is 6.92 Å². The van der Waals surface area contributed by atoms with Crippen molar-refractivity contribution in [3.63, 3.8) is 0 Å². The number of esters is 1. The summed E-state index contributed by atoms with van der Waals surface area (Å²) < 4.78 is 23.6. The summed E-state index contributed by atoms with van der Waals surface area (Å²) in [5.41, 5.74) is 1.54. The van der Waals surface area contributed by atoms with Gasteiger partial charge in [0, 0.05) is 5.69 Å². The first-order valence-corrected chi connectivity index (χ1v) is 8.54. The molecule has 0 spiro atoms. The summed E-state index contributed by atoms with van der Waals surface area (Å²) in [5.74, 6) is -0.538. The molecule has 2 N–H and O–H groups in total. The minimum atomic E-state index is -0.875. The average Bonchev–Trinajstić information content (AvgIpc) is 2.66. The third kappa shape index (κ3) is 5.79. The maximum absolute atomic E-state index is 13.5. The molecule has 7 heteroatoms. The topological polar surface area (TPSA) is 76.7 Å². The molecule has 6 nitrogen and oxygen atoms in total. The van der Waals surface area contributed by atoms with Crippen LogP contribution < -0.4 is 15.4 Å². The predicted molar refractivity (Wildman–Crippen MR) is 100 cm³/mol. The van der Waals surface area contributed by atoms with Crippen LogP contribution in [0.15, 0.2) is 42.5 Å².